The van der Waals surface area contributed by atoms with Crippen LogP contribution in [0.5, 0.6) is 5.75 Å². The van der Waals surface area contributed by atoms with Crippen LogP contribution in [-0.2, 0) is 6.18 Å². The molecule has 0 bridgehead atoms. The summed E-state index contributed by atoms with van der Waals surface area (Å²) < 4.78 is 42.0. The Labute approximate surface area is 88.8 Å². The highest BCUT2D eigenvalue weighted by molar-refractivity contribution is 6.30. The van der Waals surface area contributed by atoms with E-state index < -0.39 is 17.5 Å². The van der Waals surface area contributed by atoms with E-state index >= 15 is 0 Å². The van der Waals surface area contributed by atoms with E-state index in [1.165, 1.54) is 0 Å². The number of hydrogen-bond acceptors (Lipinski definition) is 2. The molecule has 1 aromatic carbocycles. The van der Waals surface area contributed by atoms with Gasteiger partial charge in [0.25, 0.3) is 0 Å². The number of alkyl halides is 3. The van der Waals surface area contributed by atoms with Gasteiger partial charge in [-0.2, -0.15) is 18.4 Å². The number of methoxy groups -OCH3 is 1. The molecule has 0 aliphatic rings. The van der Waals surface area contributed by atoms with Gasteiger partial charge >= 0.3 is 6.18 Å². The van der Waals surface area contributed by atoms with Gasteiger partial charge in [-0.3, -0.25) is 0 Å². The topological polar surface area (TPSA) is 33.0 Å². The predicted octanol–water partition coefficient (Wildman–Crippen LogP) is 3.24. The van der Waals surface area contributed by atoms with E-state index in [0.717, 1.165) is 19.2 Å². The minimum Gasteiger partial charge on any atom is -0.495 e. The largest absolute Gasteiger partial charge is 0.495 e. The number of benzene rings is 1. The summed E-state index contributed by atoms with van der Waals surface area (Å²) in [5, 5.41) is 8.46. The third kappa shape index (κ3) is 2.34. The van der Waals surface area contributed by atoms with Gasteiger partial charge in [0.15, 0.2) is 0 Å². The van der Waals surface area contributed by atoms with Gasteiger partial charge in [0.2, 0.25) is 0 Å². The van der Waals surface area contributed by atoms with E-state index in [-0.39, 0.29) is 10.6 Å². The second-order valence-electron chi connectivity index (χ2n) is 2.64. The van der Waals surface area contributed by atoms with Crippen LogP contribution in [0.3, 0.4) is 0 Å². The number of nitriles is 1. The molecular weight excluding hydrogens is 231 g/mol. The van der Waals surface area contributed by atoms with Crippen LogP contribution >= 0.6 is 11.6 Å². The number of halogens is 4. The maximum absolute atomic E-state index is 12.5. The lowest BCUT2D eigenvalue weighted by Crippen LogP contribution is -2.08. The quantitative estimate of drug-likeness (QED) is 0.749. The van der Waals surface area contributed by atoms with E-state index in [9.17, 15) is 13.2 Å². The van der Waals surface area contributed by atoms with Crippen LogP contribution in [0.1, 0.15) is 11.1 Å². The second kappa shape index (κ2) is 3.99. The normalized spacial score (nSPS) is 10.9. The monoisotopic (exact) mass is 235 g/mol. The Morgan fingerprint density at radius 1 is 1.40 bits per heavy atom. The summed E-state index contributed by atoms with van der Waals surface area (Å²) in [5.41, 5.74) is -1.29. The van der Waals surface area contributed by atoms with E-state index in [1.807, 2.05) is 0 Å². The van der Waals surface area contributed by atoms with Crippen molar-refractivity contribution in [2.45, 2.75) is 6.18 Å². The van der Waals surface area contributed by atoms with Crippen molar-refractivity contribution < 1.29 is 17.9 Å². The highest BCUT2D eigenvalue weighted by Crippen LogP contribution is 2.39. The van der Waals surface area contributed by atoms with Crippen LogP contribution in [0, 0.1) is 11.3 Å². The number of rotatable bonds is 1. The molecule has 0 unspecified atom stereocenters. The lowest BCUT2D eigenvalue weighted by molar-refractivity contribution is -0.138. The van der Waals surface area contributed by atoms with Gasteiger partial charge in [-0.05, 0) is 12.1 Å². The predicted molar refractivity (Wildman–Crippen MR) is 47.7 cm³/mol. The SMILES string of the molecule is COc1c(C#N)cc(Cl)cc1C(F)(F)F. The fourth-order valence-electron chi connectivity index (χ4n) is 1.11. The Balaban J connectivity index is 3.51. The second-order valence-corrected chi connectivity index (χ2v) is 3.08. The Morgan fingerprint density at radius 3 is 2.40 bits per heavy atom. The van der Waals surface area contributed by atoms with Crippen molar-refractivity contribution in [1.82, 2.24) is 0 Å². The molecule has 0 aliphatic carbocycles. The van der Waals surface area contributed by atoms with Crippen molar-refractivity contribution in [2.24, 2.45) is 0 Å². The first kappa shape index (κ1) is 11.7. The standard InChI is InChI=1S/C9H5ClF3NO/c1-15-8-5(4-14)2-6(10)3-7(8)9(11,12)13/h2-3H,1H3. The van der Waals surface area contributed by atoms with Crippen LogP contribution in [0.2, 0.25) is 5.02 Å². The van der Waals surface area contributed by atoms with Crippen LogP contribution in [0.15, 0.2) is 12.1 Å². The van der Waals surface area contributed by atoms with Crippen molar-refractivity contribution in [3.63, 3.8) is 0 Å². The summed E-state index contributed by atoms with van der Waals surface area (Å²) in [6.45, 7) is 0. The van der Waals surface area contributed by atoms with Gasteiger partial charge in [-0.25, -0.2) is 0 Å². The van der Waals surface area contributed by atoms with Crippen LogP contribution in [-0.4, -0.2) is 7.11 Å². The molecule has 0 radical (unpaired) electrons. The number of ether oxygens (including phenoxy) is 1. The molecule has 0 heterocycles. The minimum atomic E-state index is -4.60. The molecule has 0 atom stereocenters. The van der Waals surface area contributed by atoms with Crippen molar-refractivity contribution in [3.8, 4) is 11.8 Å². The van der Waals surface area contributed by atoms with E-state index in [2.05, 4.69) is 4.74 Å². The fraction of sp³-hybridized carbons (Fsp3) is 0.222. The molecule has 0 aliphatic heterocycles. The summed E-state index contributed by atoms with van der Waals surface area (Å²) in [5.74, 6) is -0.505. The highest BCUT2D eigenvalue weighted by atomic mass is 35.5. The molecule has 0 spiro atoms. The van der Waals surface area contributed by atoms with Gasteiger partial charge in [0, 0.05) is 5.02 Å². The summed E-state index contributed by atoms with van der Waals surface area (Å²) in [6.07, 6.45) is -4.60. The Bertz CT molecular complexity index is 423. The maximum Gasteiger partial charge on any atom is 0.420 e. The molecule has 6 heteroatoms. The zero-order chi connectivity index (χ0) is 11.6. The summed E-state index contributed by atoms with van der Waals surface area (Å²) in [4.78, 5) is 0. The molecule has 0 N–H and O–H groups in total. The molecule has 0 amide bonds. The lowest BCUT2D eigenvalue weighted by Gasteiger charge is -2.13. The molecule has 80 valence electrons. The average Bonchev–Trinajstić information content (AvgIpc) is 2.15. The summed E-state index contributed by atoms with van der Waals surface area (Å²) in [7, 11) is 1.07. The Hall–Kier alpha value is -1.41. The number of nitrogens with zero attached hydrogens (tertiary/aromatic N) is 1. The molecule has 0 saturated carbocycles. The third-order valence-electron chi connectivity index (χ3n) is 1.68. The molecule has 0 aromatic heterocycles. The molecule has 1 aromatic rings. The molecule has 0 saturated heterocycles. The van der Waals surface area contributed by atoms with Gasteiger partial charge in [-0.15, -0.1) is 0 Å². The first-order valence-corrected chi connectivity index (χ1v) is 4.12. The van der Waals surface area contributed by atoms with Gasteiger partial charge in [-0.1, -0.05) is 11.6 Å². The van der Waals surface area contributed by atoms with Gasteiger partial charge < -0.3 is 4.74 Å². The van der Waals surface area contributed by atoms with Crippen molar-refractivity contribution >= 4 is 11.6 Å². The van der Waals surface area contributed by atoms with Crippen LogP contribution < -0.4 is 4.74 Å². The smallest absolute Gasteiger partial charge is 0.420 e. The van der Waals surface area contributed by atoms with E-state index in [1.54, 1.807) is 6.07 Å². The van der Waals surface area contributed by atoms with Gasteiger partial charge in [0.1, 0.15) is 17.4 Å². The molecular formula is C9H5ClF3NO. The molecule has 1 rings (SSSR count). The Kier molecular flexibility index (Phi) is 3.10. The van der Waals surface area contributed by atoms with Crippen molar-refractivity contribution in [3.05, 3.63) is 28.3 Å². The first-order valence-electron chi connectivity index (χ1n) is 3.75. The van der Waals surface area contributed by atoms with Crippen molar-refractivity contribution in [1.29, 1.82) is 5.26 Å². The maximum atomic E-state index is 12.5. The first-order chi connectivity index (χ1) is 6.90. The zero-order valence-electron chi connectivity index (χ0n) is 7.52. The lowest BCUT2D eigenvalue weighted by atomic mass is 10.1. The highest BCUT2D eigenvalue weighted by Gasteiger charge is 2.35. The van der Waals surface area contributed by atoms with Crippen molar-refractivity contribution in [2.75, 3.05) is 7.11 Å². The van der Waals surface area contributed by atoms with Gasteiger partial charge in [0.05, 0.1) is 12.7 Å². The Morgan fingerprint density at radius 2 is 2.00 bits per heavy atom. The van der Waals surface area contributed by atoms with Crippen LogP contribution in [0.4, 0.5) is 13.2 Å². The number of hydrogen-bond donors (Lipinski definition) is 0. The van der Waals surface area contributed by atoms with Crippen LogP contribution in [0.25, 0.3) is 0 Å². The summed E-state index contributed by atoms with van der Waals surface area (Å²) in [6, 6.07) is 3.43. The molecule has 0 fully saturated rings. The molecule has 2 nitrogen and oxygen atoms in total. The average molecular weight is 236 g/mol. The van der Waals surface area contributed by atoms with E-state index in [4.69, 9.17) is 16.9 Å². The molecule has 15 heavy (non-hydrogen) atoms. The zero-order valence-corrected chi connectivity index (χ0v) is 8.28. The van der Waals surface area contributed by atoms with E-state index in [0.29, 0.717) is 0 Å². The minimum absolute atomic E-state index is 0.153. The third-order valence-corrected chi connectivity index (χ3v) is 1.90. The summed E-state index contributed by atoms with van der Waals surface area (Å²) >= 11 is 5.46. The fourth-order valence-corrected chi connectivity index (χ4v) is 1.33.